The Balaban J connectivity index is 2.10. The van der Waals surface area contributed by atoms with Gasteiger partial charge in [0.05, 0.1) is 12.3 Å². The molecule has 0 amide bonds. The van der Waals surface area contributed by atoms with E-state index in [2.05, 4.69) is 0 Å². The largest absolute Gasteiger partial charge is 0.509 e. The highest BCUT2D eigenvalue weighted by atomic mass is 16.8. The van der Waals surface area contributed by atoms with Gasteiger partial charge in [-0.1, -0.05) is 20.8 Å². The molecule has 2 aliphatic heterocycles. The number of fused-ring (bicyclic) bond motifs is 3. The monoisotopic (exact) mass is 492 g/mol. The van der Waals surface area contributed by atoms with E-state index in [0.717, 1.165) is 0 Å². The minimum atomic E-state index is -1.53. The van der Waals surface area contributed by atoms with Crippen LogP contribution in [0, 0.1) is 16.7 Å². The van der Waals surface area contributed by atoms with Crippen LogP contribution in [0.25, 0.3) is 0 Å². The molecule has 4 aliphatic rings. The number of rotatable bonds is 2. The van der Waals surface area contributed by atoms with Gasteiger partial charge in [0, 0.05) is 31.3 Å². The third kappa shape index (κ3) is 3.68. The third-order valence-electron chi connectivity index (χ3n) is 8.33. The number of esters is 2. The molecule has 10 heteroatoms. The van der Waals surface area contributed by atoms with Gasteiger partial charge in [0.25, 0.3) is 0 Å². The van der Waals surface area contributed by atoms with Crippen LogP contribution in [0.4, 0.5) is 4.79 Å². The number of carbonyl (C=O) groups excluding carboxylic acids is 5. The van der Waals surface area contributed by atoms with E-state index in [4.69, 9.17) is 23.7 Å². The van der Waals surface area contributed by atoms with Crippen LogP contribution >= 0.6 is 0 Å². The second kappa shape index (κ2) is 8.43. The van der Waals surface area contributed by atoms with Crippen LogP contribution in [0.2, 0.25) is 0 Å². The molecule has 2 heterocycles. The van der Waals surface area contributed by atoms with Crippen molar-refractivity contribution in [2.24, 2.45) is 16.7 Å². The summed E-state index contributed by atoms with van der Waals surface area (Å²) in [7, 11) is 0. The molecular formula is C25H32O10. The van der Waals surface area contributed by atoms with Crippen molar-refractivity contribution >= 4 is 29.7 Å². The van der Waals surface area contributed by atoms with Crippen LogP contribution in [0.5, 0.6) is 0 Å². The first-order valence-electron chi connectivity index (χ1n) is 11.8. The van der Waals surface area contributed by atoms with Crippen LogP contribution in [-0.4, -0.2) is 66.8 Å². The van der Waals surface area contributed by atoms with E-state index in [0.29, 0.717) is 30.6 Å². The number of hydrogen-bond acceptors (Lipinski definition) is 10. The second-order valence-electron chi connectivity index (χ2n) is 10.7. The van der Waals surface area contributed by atoms with Crippen LogP contribution in [0.15, 0.2) is 11.1 Å². The number of ether oxygens (including phenoxy) is 5. The van der Waals surface area contributed by atoms with Gasteiger partial charge in [-0.2, -0.15) is 0 Å². The predicted octanol–water partition coefficient (Wildman–Crippen LogP) is 2.46. The summed E-state index contributed by atoms with van der Waals surface area (Å²) in [5.41, 5.74) is -3.06. The maximum atomic E-state index is 13.7. The Hall–Kier alpha value is -2.75. The van der Waals surface area contributed by atoms with E-state index >= 15 is 0 Å². The topological polar surface area (TPSA) is 132 Å². The fourth-order valence-electron chi connectivity index (χ4n) is 6.74. The predicted molar refractivity (Wildman–Crippen MR) is 118 cm³/mol. The molecule has 0 aromatic heterocycles. The molecule has 3 fully saturated rings. The summed E-state index contributed by atoms with van der Waals surface area (Å²) in [5, 5.41) is 0. The zero-order valence-electron chi connectivity index (χ0n) is 20.9. The number of ketones is 2. The average Bonchev–Trinajstić information content (AvgIpc) is 3.04. The quantitative estimate of drug-likeness (QED) is 0.418. The number of allylic oxidation sites excluding steroid dienone is 1. The van der Waals surface area contributed by atoms with Gasteiger partial charge in [0.15, 0.2) is 29.4 Å². The lowest BCUT2D eigenvalue weighted by atomic mass is 9.49. The summed E-state index contributed by atoms with van der Waals surface area (Å²) < 4.78 is 28.7. The lowest BCUT2D eigenvalue weighted by Crippen LogP contribution is -2.69. The fourth-order valence-corrected chi connectivity index (χ4v) is 6.74. The van der Waals surface area contributed by atoms with E-state index in [1.807, 2.05) is 0 Å². The van der Waals surface area contributed by atoms with Crippen LogP contribution in [0.3, 0.4) is 0 Å². The molecule has 2 saturated heterocycles. The summed E-state index contributed by atoms with van der Waals surface area (Å²) in [6, 6.07) is 0. The van der Waals surface area contributed by atoms with E-state index in [9.17, 15) is 24.0 Å². The van der Waals surface area contributed by atoms with Gasteiger partial charge in [-0.25, -0.2) is 4.79 Å². The van der Waals surface area contributed by atoms with Gasteiger partial charge in [-0.15, -0.1) is 0 Å². The van der Waals surface area contributed by atoms with Gasteiger partial charge in [0.1, 0.15) is 12.7 Å². The van der Waals surface area contributed by atoms with Crippen molar-refractivity contribution in [3.8, 4) is 0 Å². The second-order valence-corrected chi connectivity index (χ2v) is 10.7. The average molecular weight is 493 g/mol. The molecule has 2 bridgehead atoms. The molecule has 0 radical (unpaired) electrons. The van der Waals surface area contributed by atoms with Gasteiger partial charge in [0.2, 0.25) is 0 Å². The van der Waals surface area contributed by atoms with E-state index in [-0.39, 0.29) is 24.6 Å². The Morgan fingerprint density at radius 3 is 2.31 bits per heavy atom. The van der Waals surface area contributed by atoms with Crippen molar-refractivity contribution in [1.82, 2.24) is 0 Å². The molecule has 1 saturated carbocycles. The maximum absolute atomic E-state index is 13.7. The van der Waals surface area contributed by atoms with Gasteiger partial charge < -0.3 is 23.7 Å². The van der Waals surface area contributed by atoms with Crippen molar-refractivity contribution in [2.45, 2.75) is 84.7 Å². The highest BCUT2D eigenvalue weighted by Gasteiger charge is 2.73. The Bertz CT molecular complexity index is 1030. The first kappa shape index (κ1) is 25.3. The van der Waals surface area contributed by atoms with Gasteiger partial charge >= 0.3 is 18.1 Å². The Kier molecular flexibility index (Phi) is 6.10. The van der Waals surface area contributed by atoms with Crippen molar-refractivity contribution in [3.63, 3.8) is 0 Å². The van der Waals surface area contributed by atoms with E-state index in [1.165, 1.54) is 13.8 Å². The molecule has 1 spiro atoms. The van der Waals surface area contributed by atoms with Crippen molar-refractivity contribution in [2.75, 3.05) is 13.2 Å². The van der Waals surface area contributed by atoms with E-state index in [1.54, 1.807) is 27.7 Å². The molecule has 4 rings (SSSR count). The van der Waals surface area contributed by atoms with Crippen LogP contribution in [-0.2, 0) is 42.9 Å². The normalized spacial score (nSPS) is 38.5. The zero-order valence-corrected chi connectivity index (χ0v) is 20.9. The Labute approximate surface area is 203 Å². The lowest BCUT2D eigenvalue weighted by molar-refractivity contribution is -0.204. The minimum Gasteiger partial charge on any atom is -0.458 e. The summed E-state index contributed by atoms with van der Waals surface area (Å²) in [6.07, 6.45) is -3.80. The summed E-state index contributed by atoms with van der Waals surface area (Å²) in [6.45, 7) is 9.45. The molecule has 2 aliphatic carbocycles. The van der Waals surface area contributed by atoms with Gasteiger partial charge in [-0.3, -0.25) is 19.2 Å². The summed E-state index contributed by atoms with van der Waals surface area (Å²) >= 11 is 0. The molecule has 6 atom stereocenters. The minimum absolute atomic E-state index is 0.197. The number of carbonyl (C=O) groups is 5. The molecular weight excluding hydrogens is 460 g/mol. The lowest BCUT2D eigenvalue weighted by Gasteiger charge is -2.58. The third-order valence-corrected chi connectivity index (χ3v) is 8.33. The van der Waals surface area contributed by atoms with Crippen LogP contribution in [0.1, 0.15) is 60.8 Å². The van der Waals surface area contributed by atoms with Gasteiger partial charge in [-0.05, 0) is 30.9 Å². The number of Topliss-reactive ketones (excluding diaryl/α,β-unsaturated/α-hetero) is 2. The zero-order chi connectivity index (χ0) is 25.9. The maximum Gasteiger partial charge on any atom is 0.509 e. The standard InChI is InChI=1S/C25H32O10/c1-12-15(28)10-25-20(34-22(30)35-25)18-16(29)11-31-9-7-8-24(18,6)21(33-14(3)27)19(32-13(2)26)17(12)23(25,4)5/h18-21H,7-11H2,1-6H3/t18-,19+,20-,21-,24+,25+/m0/s1. The summed E-state index contributed by atoms with van der Waals surface area (Å²) in [5.74, 6) is -3.04. The smallest absolute Gasteiger partial charge is 0.458 e. The molecule has 10 nitrogen and oxygen atoms in total. The van der Waals surface area contributed by atoms with Crippen molar-refractivity contribution in [3.05, 3.63) is 11.1 Å². The Morgan fingerprint density at radius 1 is 1.03 bits per heavy atom. The first-order chi connectivity index (χ1) is 16.3. The molecule has 35 heavy (non-hydrogen) atoms. The highest BCUT2D eigenvalue weighted by Crippen LogP contribution is 2.62. The molecule has 0 unspecified atom stereocenters. The summed E-state index contributed by atoms with van der Waals surface area (Å²) in [4.78, 5) is 64.5. The molecule has 192 valence electrons. The van der Waals surface area contributed by atoms with Crippen LogP contribution < -0.4 is 0 Å². The Morgan fingerprint density at radius 2 is 1.69 bits per heavy atom. The molecule has 0 aromatic carbocycles. The molecule has 0 N–H and O–H groups in total. The van der Waals surface area contributed by atoms with Crippen molar-refractivity contribution in [1.29, 1.82) is 0 Å². The first-order valence-corrected chi connectivity index (χ1v) is 11.8. The highest BCUT2D eigenvalue weighted by molar-refractivity contribution is 5.99. The SMILES string of the molecule is CC(=O)O[C@@H]1C2=C(C)C(=O)C[C@]3(OC(=O)O[C@H]3[C@@H]3C(=O)COCCC[C@@]3(C)[C@H]1OC(C)=O)C2(C)C. The molecule has 0 aromatic rings. The van der Waals surface area contributed by atoms with Crippen molar-refractivity contribution < 1.29 is 47.7 Å². The number of hydrogen-bond donors (Lipinski definition) is 0. The fraction of sp³-hybridized carbons (Fsp3) is 0.720. The van der Waals surface area contributed by atoms with E-state index < -0.39 is 58.8 Å².